The molecule has 0 aliphatic carbocycles. The Balaban J connectivity index is 1.71. The van der Waals surface area contributed by atoms with Crippen molar-refractivity contribution in [3.8, 4) is 0 Å². The van der Waals surface area contributed by atoms with Crippen molar-refractivity contribution in [3.63, 3.8) is 0 Å². The number of hydrogen-bond acceptors (Lipinski definition) is 2. The Morgan fingerprint density at radius 2 is 1.96 bits per heavy atom. The van der Waals surface area contributed by atoms with Crippen LogP contribution in [0, 0.1) is 5.82 Å². The highest BCUT2D eigenvalue weighted by atomic mass is 35.5. The first-order chi connectivity index (χ1) is 11.6. The van der Waals surface area contributed by atoms with Gasteiger partial charge in [0.25, 0.3) is 5.56 Å². The van der Waals surface area contributed by atoms with Gasteiger partial charge in [0.2, 0.25) is 0 Å². The first kappa shape index (κ1) is 14.9. The number of benzene rings is 2. The standard InChI is InChI=1S/C18H13ClFN3O/c19-12-3-1-11(2-4-12)7-8-23-10-21-16-14-9-13(20)5-6-15(14)22-17(16)18(23)24/h1-6,9-10,22H,7-8H2. The summed E-state index contributed by atoms with van der Waals surface area (Å²) in [6, 6.07) is 11.9. The highest BCUT2D eigenvalue weighted by molar-refractivity contribution is 6.30. The zero-order valence-electron chi connectivity index (χ0n) is 12.6. The van der Waals surface area contributed by atoms with Crippen molar-refractivity contribution in [2.75, 3.05) is 0 Å². The van der Waals surface area contributed by atoms with Crippen LogP contribution >= 0.6 is 11.6 Å². The average Bonchev–Trinajstić information content (AvgIpc) is 2.95. The van der Waals surface area contributed by atoms with E-state index in [1.807, 2.05) is 24.3 Å². The summed E-state index contributed by atoms with van der Waals surface area (Å²) in [5.74, 6) is -0.350. The molecule has 0 aliphatic heterocycles. The van der Waals surface area contributed by atoms with Gasteiger partial charge in [0, 0.05) is 22.5 Å². The van der Waals surface area contributed by atoms with Gasteiger partial charge in [0.15, 0.2) is 0 Å². The van der Waals surface area contributed by atoms with Gasteiger partial charge in [0.1, 0.15) is 16.9 Å². The molecule has 6 heteroatoms. The van der Waals surface area contributed by atoms with Gasteiger partial charge in [-0.25, -0.2) is 9.37 Å². The highest BCUT2D eigenvalue weighted by Crippen LogP contribution is 2.22. The maximum atomic E-state index is 13.4. The van der Waals surface area contributed by atoms with Gasteiger partial charge in [-0.1, -0.05) is 23.7 Å². The van der Waals surface area contributed by atoms with E-state index in [0.29, 0.717) is 39.9 Å². The first-order valence-corrected chi connectivity index (χ1v) is 7.90. The highest BCUT2D eigenvalue weighted by Gasteiger charge is 2.11. The van der Waals surface area contributed by atoms with Crippen LogP contribution in [0.2, 0.25) is 5.02 Å². The predicted molar refractivity (Wildman–Crippen MR) is 93.0 cm³/mol. The minimum Gasteiger partial charge on any atom is -0.349 e. The molecule has 0 unspecified atom stereocenters. The van der Waals surface area contributed by atoms with Crippen molar-refractivity contribution in [1.82, 2.24) is 14.5 Å². The van der Waals surface area contributed by atoms with Crippen LogP contribution in [0.1, 0.15) is 5.56 Å². The van der Waals surface area contributed by atoms with E-state index in [0.717, 1.165) is 5.56 Å². The lowest BCUT2D eigenvalue weighted by Crippen LogP contribution is -2.21. The number of H-pyrrole nitrogens is 1. The van der Waals surface area contributed by atoms with E-state index in [1.165, 1.54) is 18.5 Å². The van der Waals surface area contributed by atoms with Crippen molar-refractivity contribution in [2.24, 2.45) is 0 Å². The van der Waals surface area contributed by atoms with E-state index in [2.05, 4.69) is 9.97 Å². The molecule has 0 aliphatic rings. The molecule has 0 saturated heterocycles. The third-order valence-corrected chi connectivity index (χ3v) is 4.34. The van der Waals surface area contributed by atoms with E-state index in [4.69, 9.17) is 11.6 Å². The number of aromatic amines is 1. The summed E-state index contributed by atoms with van der Waals surface area (Å²) in [4.78, 5) is 20.0. The molecule has 0 fully saturated rings. The molecule has 1 N–H and O–H groups in total. The van der Waals surface area contributed by atoms with Crippen molar-refractivity contribution < 1.29 is 4.39 Å². The zero-order chi connectivity index (χ0) is 16.7. The summed E-state index contributed by atoms with van der Waals surface area (Å²) in [6.45, 7) is 0.507. The van der Waals surface area contributed by atoms with Gasteiger partial charge in [0.05, 0.1) is 6.33 Å². The molecular weight excluding hydrogens is 329 g/mol. The molecule has 0 bridgehead atoms. The second kappa shape index (κ2) is 5.76. The molecule has 2 aromatic heterocycles. The normalized spacial score (nSPS) is 11.4. The molecule has 4 nitrogen and oxygen atoms in total. The molecule has 24 heavy (non-hydrogen) atoms. The number of fused-ring (bicyclic) bond motifs is 3. The summed E-state index contributed by atoms with van der Waals surface area (Å²) < 4.78 is 15.0. The van der Waals surface area contributed by atoms with Crippen molar-refractivity contribution >= 4 is 33.5 Å². The van der Waals surface area contributed by atoms with Gasteiger partial charge >= 0.3 is 0 Å². The van der Waals surface area contributed by atoms with Gasteiger partial charge in [-0.05, 0) is 42.3 Å². The van der Waals surface area contributed by atoms with Crippen LogP contribution in [0.15, 0.2) is 53.6 Å². The van der Waals surface area contributed by atoms with Crippen LogP contribution in [-0.2, 0) is 13.0 Å². The van der Waals surface area contributed by atoms with Gasteiger partial charge in [-0.3, -0.25) is 9.36 Å². The Morgan fingerprint density at radius 3 is 2.75 bits per heavy atom. The Labute approximate surface area is 141 Å². The van der Waals surface area contributed by atoms with Gasteiger partial charge < -0.3 is 4.98 Å². The lowest BCUT2D eigenvalue weighted by Gasteiger charge is -2.05. The molecule has 120 valence electrons. The zero-order valence-corrected chi connectivity index (χ0v) is 13.3. The van der Waals surface area contributed by atoms with Crippen LogP contribution in [-0.4, -0.2) is 14.5 Å². The van der Waals surface area contributed by atoms with E-state index < -0.39 is 0 Å². The van der Waals surface area contributed by atoms with Crippen molar-refractivity contribution in [2.45, 2.75) is 13.0 Å². The fraction of sp³-hybridized carbons (Fsp3) is 0.111. The third-order valence-electron chi connectivity index (χ3n) is 4.09. The van der Waals surface area contributed by atoms with Gasteiger partial charge in [-0.15, -0.1) is 0 Å². The summed E-state index contributed by atoms with van der Waals surface area (Å²) >= 11 is 5.87. The van der Waals surface area contributed by atoms with Gasteiger partial charge in [-0.2, -0.15) is 0 Å². The lowest BCUT2D eigenvalue weighted by atomic mass is 10.1. The van der Waals surface area contributed by atoms with E-state index in [1.54, 1.807) is 10.6 Å². The third kappa shape index (κ3) is 2.57. The average molecular weight is 342 g/mol. The number of hydrogen-bond donors (Lipinski definition) is 1. The Bertz CT molecular complexity index is 1100. The number of rotatable bonds is 3. The smallest absolute Gasteiger partial charge is 0.277 e. The number of nitrogens with zero attached hydrogens (tertiary/aromatic N) is 2. The number of aromatic nitrogens is 3. The molecule has 0 radical (unpaired) electrons. The molecular formula is C18H13ClFN3O. The Kier molecular flexibility index (Phi) is 3.58. The fourth-order valence-electron chi connectivity index (χ4n) is 2.82. The molecule has 0 saturated carbocycles. The minimum absolute atomic E-state index is 0.162. The Morgan fingerprint density at radius 1 is 1.17 bits per heavy atom. The summed E-state index contributed by atoms with van der Waals surface area (Å²) in [7, 11) is 0. The summed E-state index contributed by atoms with van der Waals surface area (Å²) in [5, 5.41) is 1.30. The molecule has 0 atom stereocenters. The van der Waals surface area contributed by atoms with E-state index in [9.17, 15) is 9.18 Å². The fourth-order valence-corrected chi connectivity index (χ4v) is 2.95. The monoisotopic (exact) mass is 341 g/mol. The number of nitrogens with one attached hydrogen (secondary N) is 1. The Hall–Kier alpha value is -2.66. The molecule has 2 aromatic carbocycles. The molecule has 0 amide bonds. The largest absolute Gasteiger partial charge is 0.349 e. The maximum absolute atomic E-state index is 13.4. The SMILES string of the molecule is O=c1c2[nH]c3ccc(F)cc3c2ncn1CCc1ccc(Cl)cc1. The number of halogens is 2. The number of aryl methyl sites for hydroxylation is 2. The van der Waals surface area contributed by atoms with Crippen LogP contribution in [0.25, 0.3) is 21.9 Å². The molecule has 4 rings (SSSR count). The van der Waals surface area contributed by atoms with E-state index in [-0.39, 0.29) is 11.4 Å². The van der Waals surface area contributed by atoms with E-state index >= 15 is 0 Å². The van der Waals surface area contributed by atoms with Crippen LogP contribution in [0.5, 0.6) is 0 Å². The minimum atomic E-state index is -0.350. The maximum Gasteiger partial charge on any atom is 0.277 e. The van der Waals surface area contributed by atoms with Crippen molar-refractivity contribution in [1.29, 1.82) is 0 Å². The summed E-state index contributed by atoms with van der Waals surface area (Å²) in [6.07, 6.45) is 2.21. The molecule has 0 spiro atoms. The topological polar surface area (TPSA) is 50.7 Å². The second-order valence-electron chi connectivity index (χ2n) is 5.66. The van der Waals surface area contributed by atoms with Crippen molar-refractivity contribution in [3.05, 3.63) is 75.5 Å². The molecule has 2 heterocycles. The summed E-state index contributed by atoms with van der Waals surface area (Å²) in [5.41, 5.74) is 2.52. The predicted octanol–water partition coefficient (Wildman–Crippen LogP) is 3.91. The van der Waals surface area contributed by atoms with Crippen LogP contribution in [0.3, 0.4) is 0 Å². The first-order valence-electron chi connectivity index (χ1n) is 7.52. The van der Waals surface area contributed by atoms with Crippen LogP contribution in [0.4, 0.5) is 4.39 Å². The quantitative estimate of drug-likeness (QED) is 0.614. The van der Waals surface area contributed by atoms with Crippen LogP contribution < -0.4 is 5.56 Å². The second-order valence-corrected chi connectivity index (χ2v) is 6.09. The lowest BCUT2D eigenvalue weighted by molar-refractivity contribution is 0.630. The molecule has 4 aromatic rings.